The molecule has 132 valence electrons. The summed E-state index contributed by atoms with van der Waals surface area (Å²) in [6, 6.07) is 11.9. The highest BCUT2D eigenvalue weighted by molar-refractivity contribution is 5.53. The van der Waals surface area contributed by atoms with Crippen LogP contribution < -0.4 is 36.7 Å². The van der Waals surface area contributed by atoms with Crippen LogP contribution in [-0.2, 0) is 13.1 Å². The highest BCUT2D eigenvalue weighted by Gasteiger charge is 2.12. The molecular weight excluding hydrogens is 330 g/mol. The molecule has 0 saturated heterocycles. The molecule has 0 aliphatic heterocycles. The van der Waals surface area contributed by atoms with Crippen molar-refractivity contribution in [2.24, 2.45) is 0 Å². The van der Waals surface area contributed by atoms with Crippen LogP contribution in [0.25, 0.3) is 0 Å². The highest BCUT2D eigenvalue weighted by Crippen LogP contribution is 2.38. The summed E-state index contributed by atoms with van der Waals surface area (Å²) in [6.07, 6.45) is 0. The number of methoxy groups -OCH3 is 4. The summed E-state index contributed by atoms with van der Waals surface area (Å²) in [5.41, 5.74) is 2.26. The van der Waals surface area contributed by atoms with Crippen molar-refractivity contribution in [3.63, 3.8) is 0 Å². The molecule has 5 nitrogen and oxygen atoms in total. The molecule has 24 heavy (non-hydrogen) atoms. The lowest BCUT2D eigenvalue weighted by Crippen LogP contribution is -3.00. The number of halogens is 1. The average Bonchev–Trinajstić information content (AvgIpc) is 2.61. The quantitative estimate of drug-likeness (QED) is 0.725. The van der Waals surface area contributed by atoms with Crippen LogP contribution in [0.5, 0.6) is 23.0 Å². The fourth-order valence-electron chi connectivity index (χ4n) is 2.33. The molecule has 1 N–H and O–H groups in total. The Bertz CT molecular complexity index is 606. The first-order valence-electron chi connectivity index (χ1n) is 7.34. The second kappa shape index (κ2) is 9.90. The van der Waals surface area contributed by atoms with E-state index < -0.39 is 0 Å². The molecule has 6 heteroatoms. The van der Waals surface area contributed by atoms with Crippen LogP contribution in [0.3, 0.4) is 0 Å². The lowest BCUT2D eigenvalue weighted by Gasteiger charge is -2.14. The molecule has 0 unspecified atom stereocenters. The van der Waals surface area contributed by atoms with Gasteiger partial charge in [0.2, 0.25) is 5.75 Å². The van der Waals surface area contributed by atoms with Crippen LogP contribution in [0.1, 0.15) is 11.1 Å². The van der Waals surface area contributed by atoms with Crippen LogP contribution in [0.15, 0.2) is 36.4 Å². The largest absolute Gasteiger partial charge is 1.00 e. The number of ether oxygens (including phenoxy) is 4. The first-order valence-corrected chi connectivity index (χ1v) is 7.34. The lowest BCUT2D eigenvalue weighted by molar-refractivity contribution is -0.00000587. The van der Waals surface area contributed by atoms with Gasteiger partial charge in [-0.3, -0.25) is 0 Å². The number of nitrogens with one attached hydrogen (secondary N) is 1. The monoisotopic (exact) mass is 352 g/mol. The second-order valence-electron chi connectivity index (χ2n) is 4.99. The zero-order valence-electron chi connectivity index (χ0n) is 14.4. The third kappa shape index (κ3) is 4.94. The summed E-state index contributed by atoms with van der Waals surface area (Å²) in [4.78, 5) is 0. The maximum Gasteiger partial charge on any atom is 0.203 e. The van der Waals surface area contributed by atoms with E-state index in [4.69, 9.17) is 18.9 Å². The predicted molar refractivity (Wildman–Crippen MR) is 89.6 cm³/mol. The molecule has 0 aromatic heterocycles. The van der Waals surface area contributed by atoms with E-state index in [1.807, 2.05) is 36.4 Å². The molecule has 0 atom stereocenters. The third-order valence-electron chi connectivity index (χ3n) is 3.54. The van der Waals surface area contributed by atoms with Crippen LogP contribution in [0.2, 0.25) is 0 Å². The van der Waals surface area contributed by atoms with Crippen molar-refractivity contribution >= 4 is 0 Å². The summed E-state index contributed by atoms with van der Waals surface area (Å²) in [5, 5.41) is 3.40. The molecule has 0 fully saturated rings. The molecule has 0 spiro atoms. The minimum Gasteiger partial charge on any atom is -1.00 e. The van der Waals surface area contributed by atoms with Gasteiger partial charge < -0.3 is 36.7 Å². The Labute approximate surface area is 149 Å². The van der Waals surface area contributed by atoms with Crippen molar-refractivity contribution < 1.29 is 31.4 Å². The Morgan fingerprint density at radius 2 is 1.25 bits per heavy atom. The standard InChI is InChI=1S/C18H23NO4.ClH/c1-20-15-7-5-13(6-8-15)11-19-12-14-9-16(21-2)18(23-4)17(10-14)22-3;/h5-10,19H,11-12H2,1-4H3;1H/p-1. The first kappa shape index (κ1) is 19.9. The number of rotatable bonds is 8. The average molecular weight is 353 g/mol. The molecule has 0 aliphatic rings. The second-order valence-corrected chi connectivity index (χ2v) is 4.99. The molecule has 0 heterocycles. The van der Waals surface area contributed by atoms with Gasteiger partial charge in [-0.05, 0) is 35.4 Å². The molecule has 2 aromatic carbocycles. The van der Waals surface area contributed by atoms with E-state index in [0.29, 0.717) is 23.8 Å². The summed E-state index contributed by atoms with van der Waals surface area (Å²) < 4.78 is 21.2. The molecule has 0 radical (unpaired) electrons. The minimum absolute atomic E-state index is 0. The molecular formula is C18H23ClNO4-. The van der Waals surface area contributed by atoms with Crippen molar-refractivity contribution in [2.75, 3.05) is 28.4 Å². The van der Waals surface area contributed by atoms with E-state index >= 15 is 0 Å². The van der Waals surface area contributed by atoms with E-state index in [-0.39, 0.29) is 12.4 Å². The fourth-order valence-corrected chi connectivity index (χ4v) is 2.33. The molecule has 2 aromatic rings. The fraction of sp³-hybridized carbons (Fsp3) is 0.333. The summed E-state index contributed by atoms with van der Waals surface area (Å²) in [6.45, 7) is 1.46. The topological polar surface area (TPSA) is 49.0 Å². The van der Waals surface area contributed by atoms with Crippen molar-refractivity contribution in [2.45, 2.75) is 13.1 Å². The van der Waals surface area contributed by atoms with Crippen LogP contribution in [0, 0.1) is 0 Å². The van der Waals surface area contributed by atoms with Gasteiger partial charge in [-0.25, -0.2) is 0 Å². The van der Waals surface area contributed by atoms with Gasteiger partial charge in [-0.2, -0.15) is 0 Å². The normalized spacial score (nSPS) is 9.83. The summed E-state index contributed by atoms with van der Waals surface area (Å²) >= 11 is 0. The SMILES string of the molecule is COc1ccc(CNCc2cc(OC)c(OC)c(OC)c2)cc1.[Cl-]. The number of benzene rings is 2. The van der Waals surface area contributed by atoms with Gasteiger partial charge in [0.1, 0.15) is 5.75 Å². The predicted octanol–water partition coefficient (Wildman–Crippen LogP) is 0.0148. The van der Waals surface area contributed by atoms with Crippen LogP contribution >= 0.6 is 0 Å². The molecule has 2 rings (SSSR count). The Morgan fingerprint density at radius 3 is 1.71 bits per heavy atom. The van der Waals surface area contributed by atoms with Crippen molar-refractivity contribution in [3.8, 4) is 23.0 Å². The molecule has 0 aliphatic carbocycles. The zero-order chi connectivity index (χ0) is 16.7. The first-order chi connectivity index (χ1) is 11.2. The van der Waals surface area contributed by atoms with Gasteiger partial charge in [0.15, 0.2) is 11.5 Å². The van der Waals surface area contributed by atoms with E-state index in [0.717, 1.165) is 17.9 Å². The smallest absolute Gasteiger partial charge is 0.203 e. The van der Waals surface area contributed by atoms with Crippen LogP contribution in [0.4, 0.5) is 0 Å². The Kier molecular flexibility index (Phi) is 8.22. The lowest BCUT2D eigenvalue weighted by atomic mass is 10.1. The summed E-state index contributed by atoms with van der Waals surface area (Å²) in [7, 11) is 6.50. The van der Waals surface area contributed by atoms with E-state index in [1.54, 1.807) is 28.4 Å². The van der Waals surface area contributed by atoms with E-state index in [1.165, 1.54) is 5.56 Å². The molecule has 0 amide bonds. The minimum atomic E-state index is 0. The van der Waals surface area contributed by atoms with Crippen molar-refractivity contribution in [1.82, 2.24) is 5.32 Å². The maximum atomic E-state index is 5.36. The van der Waals surface area contributed by atoms with Gasteiger partial charge in [0.05, 0.1) is 28.4 Å². The molecule has 0 saturated carbocycles. The van der Waals surface area contributed by atoms with E-state index in [9.17, 15) is 0 Å². The number of hydrogen-bond acceptors (Lipinski definition) is 5. The van der Waals surface area contributed by atoms with Crippen molar-refractivity contribution in [3.05, 3.63) is 47.5 Å². The van der Waals surface area contributed by atoms with Crippen molar-refractivity contribution in [1.29, 1.82) is 0 Å². The van der Waals surface area contributed by atoms with Crippen LogP contribution in [-0.4, -0.2) is 28.4 Å². The van der Waals surface area contributed by atoms with Gasteiger partial charge in [-0.15, -0.1) is 0 Å². The highest BCUT2D eigenvalue weighted by atomic mass is 35.5. The zero-order valence-corrected chi connectivity index (χ0v) is 15.1. The third-order valence-corrected chi connectivity index (χ3v) is 3.54. The number of hydrogen-bond donors (Lipinski definition) is 1. The Morgan fingerprint density at radius 1 is 0.708 bits per heavy atom. The van der Waals surface area contributed by atoms with Gasteiger partial charge in [0.25, 0.3) is 0 Å². The maximum absolute atomic E-state index is 5.36. The Balaban J connectivity index is 0.00000288. The Hall–Kier alpha value is -2.11. The summed E-state index contributed by atoms with van der Waals surface area (Å²) in [5.74, 6) is 2.79. The van der Waals surface area contributed by atoms with Gasteiger partial charge in [0, 0.05) is 13.1 Å². The van der Waals surface area contributed by atoms with E-state index in [2.05, 4.69) is 5.32 Å². The molecule has 0 bridgehead atoms. The van der Waals surface area contributed by atoms with Gasteiger partial charge >= 0.3 is 0 Å². The van der Waals surface area contributed by atoms with Gasteiger partial charge in [-0.1, -0.05) is 12.1 Å².